The van der Waals surface area contributed by atoms with E-state index in [2.05, 4.69) is 103 Å². The molecule has 0 bridgehead atoms. The molecule has 0 fully saturated rings. The van der Waals surface area contributed by atoms with Crippen LogP contribution in [0.25, 0.3) is 21.8 Å². The van der Waals surface area contributed by atoms with Crippen molar-refractivity contribution in [2.45, 2.75) is 19.8 Å². The molecule has 3 heterocycles. The third-order valence-electron chi connectivity index (χ3n) is 6.30. The molecule has 0 N–H and O–H groups in total. The lowest BCUT2D eigenvalue weighted by Gasteiger charge is -2.19. The summed E-state index contributed by atoms with van der Waals surface area (Å²) in [6, 6.07) is 22.1. The smallest absolute Gasteiger partial charge is 0.0483 e. The number of hydrogen-bond donors (Lipinski definition) is 0. The minimum absolute atomic E-state index is 0.234. The summed E-state index contributed by atoms with van der Waals surface area (Å²) < 4.78 is 4.68. The summed E-state index contributed by atoms with van der Waals surface area (Å²) in [6.07, 6.45) is 0. The van der Waals surface area contributed by atoms with Crippen molar-refractivity contribution in [3.8, 4) is 0 Å². The molecule has 140 valence electrons. The predicted octanol–water partition coefficient (Wildman–Crippen LogP) is 6.53. The second-order valence-corrected chi connectivity index (χ2v) is 8.58. The second kappa shape index (κ2) is 6.39. The van der Waals surface area contributed by atoms with E-state index in [-0.39, 0.29) is 5.92 Å². The molecule has 2 aromatic carbocycles. The van der Waals surface area contributed by atoms with Crippen molar-refractivity contribution < 1.29 is 0 Å². The molecular formula is C25H24N2S. The van der Waals surface area contributed by atoms with Gasteiger partial charge in [-0.3, -0.25) is 0 Å². The van der Waals surface area contributed by atoms with Gasteiger partial charge in [-0.05, 0) is 48.6 Å². The zero-order valence-electron chi connectivity index (χ0n) is 16.7. The average Bonchev–Trinajstić information content (AvgIpc) is 3.40. The summed E-state index contributed by atoms with van der Waals surface area (Å²) in [5, 5.41) is 4.91. The van der Waals surface area contributed by atoms with E-state index in [1.165, 1.54) is 49.2 Å². The van der Waals surface area contributed by atoms with Crippen LogP contribution < -0.4 is 0 Å². The van der Waals surface area contributed by atoms with E-state index in [0.29, 0.717) is 0 Å². The van der Waals surface area contributed by atoms with E-state index < -0.39 is 0 Å². The Morgan fingerprint density at radius 3 is 1.64 bits per heavy atom. The molecule has 28 heavy (non-hydrogen) atoms. The number of aryl methyl sites for hydroxylation is 2. The number of thiophene rings is 1. The Morgan fingerprint density at radius 2 is 1.18 bits per heavy atom. The SMILES string of the molecule is Cc1c(C(c2cccs2)c2c(C)n(C)c3ccccc23)c2ccccc2n1C. The summed E-state index contributed by atoms with van der Waals surface area (Å²) in [5.41, 5.74) is 8.14. The molecule has 0 saturated heterocycles. The third-order valence-corrected chi connectivity index (χ3v) is 7.24. The van der Waals surface area contributed by atoms with Gasteiger partial charge < -0.3 is 9.13 Å². The topological polar surface area (TPSA) is 9.86 Å². The molecule has 0 aliphatic rings. The van der Waals surface area contributed by atoms with Gasteiger partial charge in [0, 0.05) is 58.1 Å². The molecule has 2 nitrogen and oxygen atoms in total. The van der Waals surface area contributed by atoms with E-state index in [9.17, 15) is 0 Å². The van der Waals surface area contributed by atoms with Crippen LogP contribution in [0.4, 0.5) is 0 Å². The van der Waals surface area contributed by atoms with E-state index in [4.69, 9.17) is 0 Å². The van der Waals surface area contributed by atoms with Crippen molar-refractivity contribution in [3.05, 3.63) is 93.4 Å². The molecule has 5 aromatic rings. The maximum atomic E-state index is 2.34. The van der Waals surface area contributed by atoms with Crippen molar-refractivity contribution in [1.29, 1.82) is 0 Å². The van der Waals surface area contributed by atoms with Crippen LogP contribution in [0.3, 0.4) is 0 Å². The summed E-state index contributed by atoms with van der Waals surface area (Å²) >= 11 is 1.86. The molecule has 0 saturated carbocycles. The molecule has 0 unspecified atom stereocenters. The lowest BCUT2D eigenvalue weighted by Crippen LogP contribution is -2.06. The highest BCUT2D eigenvalue weighted by Gasteiger charge is 2.29. The maximum Gasteiger partial charge on any atom is 0.0483 e. The fraction of sp³-hybridized carbons (Fsp3) is 0.200. The first-order valence-corrected chi connectivity index (χ1v) is 10.6. The largest absolute Gasteiger partial charge is 0.348 e. The molecule has 3 aromatic heterocycles. The van der Waals surface area contributed by atoms with E-state index in [1.807, 2.05) is 11.3 Å². The van der Waals surface area contributed by atoms with Crippen LogP contribution in [0.5, 0.6) is 0 Å². The van der Waals surface area contributed by atoms with Gasteiger partial charge in [0.05, 0.1) is 0 Å². The molecule has 0 amide bonds. The Labute approximate surface area is 169 Å². The minimum atomic E-state index is 0.234. The molecular weight excluding hydrogens is 360 g/mol. The fourth-order valence-corrected chi connectivity index (χ4v) is 5.56. The average molecular weight is 385 g/mol. The first-order chi connectivity index (χ1) is 13.6. The molecule has 0 spiro atoms. The lowest BCUT2D eigenvalue weighted by molar-refractivity contribution is 0.863. The van der Waals surface area contributed by atoms with Crippen LogP contribution in [-0.2, 0) is 14.1 Å². The number of benzene rings is 2. The Morgan fingerprint density at radius 1 is 0.679 bits per heavy atom. The van der Waals surface area contributed by atoms with Crippen LogP contribution in [-0.4, -0.2) is 9.13 Å². The fourth-order valence-electron chi connectivity index (χ4n) is 4.71. The highest BCUT2D eigenvalue weighted by Crippen LogP contribution is 2.45. The van der Waals surface area contributed by atoms with Gasteiger partial charge in [-0.1, -0.05) is 42.5 Å². The first kappa shape index (κ1) is 17.3. The Kier molecular flexibility index (Phi) is 3.95. The van der Waals surface area contributed by atoms with Crippen LogP contribution in [0.1, 0.15) is 33.3 Å². The highest BCUT2D eigenvalue weighted by atomic mass is 32.1. The normalized spacial score (nSPS) is 11.9. The Balaban J connectivity index is 1.92. The van der Waals surface area contributed by atoms with Crippen molar-refractivity contribution in [2.75, 3.05) is 0 Å². The quantitative estimate of drug-likeness (QED) is 0.335. The van der Waals surface area contributed by atoms with Crippen LogP contribution >= 0.6 is 11.3 Å². The van der Waals surface area contributed by atoms with Gasteiger partial charge in [-0.25, -0.2) is 0 Å². The summed E-state index contributed by atoms with van der Waals surface area (Å²) in [4.78, 5) is 1.40. The lowest BCUT2D eigenvalue weighted by atomic mass is 9.86. The zero-order valence-corrected chi connectivity index (χ0v) is 17.5. The van der Waals surface area contributed by atoms with E-state index in [1.54, 1.807) is 0 Å². The third kappa shape index (κ3) is 2.33. The second-order valence-electron chi connectivity index (χ2n) is 7.60. The number of hydrogen-bond acceptors (Lipinski definition) is 1. The Hall–Kier alpha value is -2.78. The number of para-hydroxylation sites is 2. The molecule has 3 heteroatoms. The van der Waals surface area contributed by atoms with Crippen LogP contribution in [0, 0.1) is 13.8 Å². The van der Waals surface area contributed by atoms with Crippen molar-refractivity contribution in [1.82, 2.24) is 9.13 Å². The zero-order chi connectivity index (χ0) is 19.4. The predicted molar refractivity (Wildman–Crippen MR) is 121 cm³/mol. The molecule has 0 aliphatic heterocycles. The van der Waals surface area contributed by atoms with Gasteiger partial charge in [0.25, 0.3) is 0 Å². The van der Waals surface area contributed by atoms with Gasteiger partial charge in [0.1, 0.15) is 0 Å². The standard InChI is InChI=1S/C25H24N2S/c1-16-23(18-10-5-7-12-20(18)26(16)3)25(22-14-9-15-28-22)24-17(2)27(4)21-13-8-6-11-19(21)24/h5-15,25H,1-4H3. The molecule has 5 rings (SSSR count). The number of aromatic nitrogens is 2. The summed E-state index contributed by atoms with van der Waals surface area (Å²) in [5.74, 6) is 0.234. The van der Waals surface area contributed by atoms with Gasteiger partial charge in [-0.2, -0.15) is 0 Å². The van der Waals surface area contributed by atoms with Crippen molar-refractivity contribution in [3.63, 3.8) is 0 Å². The van der Waals surface area contributed by atoms with E-state index >= 15 is 0 Å². The van der Waals surface area contributed by atoms with Gasteiger partial charge in [0.2, 0.25) is 0 Å². The molecule has 0 atom stereocenters. The monoisotopic (exact) mass is 384 g/mol. The highest BCUT2D eigenvalue weighted by molar-refractivity contribution is 7.10. The van der Waals surface area contributed by atoms with Crippen LogP contribution in [0.15, 0.2) is 66.0 Å². The molecule has 0 aliphatic carbocycles. The van der Waals surface area contributed by atoms with Crippen LogP contribution in [0.2, 0.25) is 0 Å². The molecule has 0 radical (unpaired) electrons. The minimum Gasteiger partial charge on any atom is -0.348 e. The number of rotatable bonds is 3. The van der Waals surface area contributed by atoms with Gasteiger partial charge >= 0.3 is 0 Å². The Bertz CT molecular complexity index is 1220. The number of nitrogens with zero attached hydrogens (tertiary/aromatic N) is 2. The van der Waals surface area contributed by atoms with Crippen molar-refractivity contribution >= 4 is 33.1 Å². The summed E-state index contributed by atoms with van der Waals surface area (Å²) in [7, 11) is 4.37. The van der Waals surface area contributed by atoms with Gasteiger partial charge in [0.15, 0.2) is 0 Å². The first-order valence-electron chi connectivity index (χ1n) is 9.70. The van der Waals surface area contributed by atoms with E-state index in [0.717, 1.165) is 0 Å². The number of fused-ring (bicyclic) bond motifs is 2. The summed E-state index contributed by atoms with van der Waals surface area (Å²) in [6.45, 7) is 4.52. The van der Waals surface area contributed by atoms with Gasteiger partial charge in [-0.15, -0.1) is 11.3 Å². The maximum absolute atomic E-state index is 2.34. The van der Waals surface area contributed by atoms with Crippen molar-refractivity contribution in [2.24, 2.45) is 14.1 Å².